The predicted octanol–water partition coefficient (Wildman–Crippen LogP) is 9.13. The van der Waals surface area contributed by atoms with E-state index < -0.39 is 17.0 Å². The summed E-state index contributed by atoms with van der Waals surface area (Å²) in [5.41, 5.74) is 5.68. The summed E-state index contributed by atoms with van der Waals surface area (Å²) in [6, 6.07) is 41.6. The molecule has 4 aromatic rings. The Hall–Kier alpha value is -2.71. The molecule has 0 radical (unpaired) electrons. The van der Waals surface area contributed by atoms with E-state index in [9.17, 15) is 0 Å². The molecule has 0 nitrogen and oxygen atoms in total. The van der Waals surface area contributed by atoms with Gasteiger partial charge in [0.1, 0.15) is 0 Å². The molecule has 3 aliphatic carbocycles. The van der Waals surface area contributed by atoms with Gasteiger partial charge in [0.2, 0.25) is 0 Å². The fourth-order valence-corrected chi connectivity index (χ4v) is 49.8. The molecule has 3 aliphatic rings. The summed E-state index contributed by atoms with van der Waals surface area (Å²) >= 11 is -5.44. The average molecular weight is 716 g/mol. The van der Waals surface area contributed by atoms with Gasteiger partial charge in [-0.2, -0.15) is 0 Å². The quantitative estimate of drug-likeness (QED) is 0.181. The van der Waals surface area contributed by atoms with Gasteiger partial charge in [0.25, 0.3) is 0 Å². The van der Waals surface area contributed by atoms with Gasteiger partial charge in [-0.1, -0.05) is 0 Å². The van der Waals surface area contributed by atoms with Crippen LogP contribution in [0.1, 0.15) is 36.0 Å². The fourth-order valence-electron chi connectivity index (χ4n) is 8.86. The van der Waals surface area contributed by atoms with Crippen LogP contribution in [0.2, 0.25) is 4.68 Å². The Bertz CT molecular complexity index is 1560. The molecule has 0 saturated heterocycles. The molecule has 4 aromatic carbocycles. The monoisotopic (exact) mass is 716 g/mol. The van der Waals surface area contributed by atoms with Crippen LogP contribution in [0.3, 0.4) is 0 Å². The first-order valence-corrected chi connectivity index (χ1v) is 26.6. The van der Waals surface area contributed by atoms with Crippen LogP contribution in [-0.4, -0.2) is 0 Å². The first kappa shape index (κ1) is 27.8. The molecule has 39 heavy (non-hydrogen) atoms. The first-order chi connectivity index (χ1) is 18.1. The van der Waals surface area contributed by atoms with Crippen molar-refractivity contribution in [2.75, 3.05) is 0 Å². The van der Waals surface area contributed by atoms with Gasteiger partial charge in [-0.15, -0.1) is 24.8 Å². The van der Waals surface area contributed by atoms with Gasteiger partial charge in [0.15, 0.2) is 0 Å². The molecular weight excluding hydrogens is 682 g/mol. The van der Waals surface area contributed by atoms with Gasteiger partial charge in [0.05, 0.1) is 0 Å². The molecule has 2 unspecified atom stereocenters. The summed E-state index contributed by atoms with van der Waals surface area (Å²) in [5, 5.41) is 0. The Morgan fingerprint density at radius 3 is 1.44 bits per heavy atom. The van der Waals surface area contributed by atoms with Gasteiger partial charge in [-0.3, -0.25) is 0 Å². The molecule has 0 fully saturated rings. The summed E-state index contributed by atoms with van der Waals surface area (Å²) in [4.78, 5) is 0. The van der Waals surface area contributed by atoms with Gasteiger partial charge < -0.3 is 0 Å². The van der Waals surface area contributed by atoms with Crippen molar-refractivity contribution in [3.05, 3.63) is 165 Å². The van der Waals surface area contributed by atoms with E-state index in [2.05, 4.69) is 156 Å². The number of fused-ring (bicyclic) bond motifs is 2. The molecule has 0 saturated carbocycles. The van der Waals surface area contributed by atoms with Gasteiger partial charge >= 0.3 is 219 Å². The van der Waals surface area contributed by atoms with Crippen LogP contribution in [-0.2, 0) is 17.0 Å². The maximum absolute atomic E-state index is 5.44. The maximum atomic E-state index is 2.80. The van der Waals surface area contributed by atoms with Crippen molar-refractivity contribution in [1.82, 2.24) is 0 Å². The van der Waals surface area contributed by atoms with E-state index >= 15 is 0 Å². The molecule has 0 amide bonds. The Labute approximate surface area is 242 Å². The van der Waals surface area contributed by atoms with E-state index in [1.54, 1.807) is 3.33 Å². The zero-order valence-electron chi connectivity index (χ0n) is 22.1. The van der Waals surface area contributed by atoms with Crippen LogP contribution in [0.5, 0.6) is 0 Å². The zero-order chi connectivity index (χ0) is 25.0. The van der Waals surface area contributed by atoms with Crippen LogP contribution >= 0.6 is 24.8 Å². The molecule has 7 rings (SSSR count). The predicted molar refractivity (Wildman–Crippen MR) is 171 cm³/mol. The average Bonchev–Trinajstić information content (AvgIpc) is 3.75. The third-order valence-corrected chi connectivity index (χ3v) is 52.1. The van der Waals surface area contributed by atoms with Crippen molar-refractivity contribution in [3.63, 3.8) is 0 Å². The van der Waals surface area contributed by atoms with Crippen molar-refractivity contribution < 1.29 is 17.0 Å². The van der Waals surface area contributed by atoms with Crippen molar-refractivity contribution in [2.24, 2.45) is 0 Å². The molecule has 0 aromatic heterocycles. The molecule has 196 valence electrons. The van der Waals surface area contributed by atoms with Gasteiger partial charge in [-0.05, 0) is 0 Å². The topological polar surface area (TPSA) is 0 Å². The second kappa shape index (κ2) is 9.73. The minimum atomic E-state index is -5.44. The van der Waals surface area contributed by atoms with E-state index in [0.717, 1.165) is 6.42 Å². The molecule has 3 heteroatoms. The van der Waals surface area contributed by atoms with E-state index in [0.29, 0.717) is 0 Å². The first-order valence-electron chi connectivity index (χ1n) is 13.5. The summed E-state index contributed by atoms with van der Waals surface area (Å²) in [6.45, 7) is 0. The van der Waals surface area contributed by atoms with Crippen LogP contribution in [0.4, 0.5) is 0 Å². The third kappa shape index (κ3) is 3.22. The van der Waals surface area contributed by atoms with Crippen molar-refractivity contribution >= 4 is 43.6 Å². The second-order valence-corrected chi connectivity index (χ2v) is 42.3. The van der Waals surface area contributed by atoms with Crippen LogP contribution < -0.4 is 6.64 Å². The Morgan fingerprint density at radius 1 is 0.564 bits per heavy atom. The van der Waals surface area contributed by atoms with Crippen LogP contribution in [0.15, 0.2) is 143 Å². The number of rotatable bonds is 5. The molecule has 0 bridgehead atoms. The summed E-state index contributed by atoms with van der Waals surface area (Å²) in [6.07, 6.45) is 18.2. The van der Waals surface area contributed by atoms with Crippen molar-refractivity contribution in [2.45, 2.75) is 18.5 Å². The molecule has 0 aliphatic heterocycles. The summed E-state index contributed by atoms with van der Waals surface area (Å²) < 4.78 is 8.08. The number of halogens is 2. The van der Waals surface area contributed by atoms with Crippen LogP contribution in [0.25, 0.3) is 12.2 Å². The third-order valence-electron chi connectivity index (χ3n) is 10.7. The van der Waals surface area contributed by atoms with E-state index in [-0.39, 0.29) is 32.2 Å². The number of allylic oxidation sites excluding steroid dienone is 6. The molecule has 0 heterocycles. The van der Waals surface area contributed by atoms with E-state index in [1.165, 1.54) is 28.9 Å². The minimum absolute atomic E-state index is 0. The van der Waals surface area contributed by atoms with E-state index in [1.807, 2.05) is 0 Å². The standard InChI is InChI=1S/2C9H7.2C6H5.C5H5.CH3.2ClH.Hf/c2*1-2-5-9-7-3-6-8(9)4-1;2*1-2-4-6-5-3-1;1-2-4-5-3-1;;;;/h2*1-7H;2*1-5H;1-3H,4H2;1H3;2*1H;. The number of benzene rings is 4. The number of hydrogen-bond donors (Lipinski definition) is 0. The van der Waals surface area contributed by atoms with E-state index in [4.69, 9.17) is 0 Å². The number of hydrogen-bond acceptors (Lipinski definition) is 0. The Kier molecular flexibility index (Phi) is 6.95. The molecule has 2 atom stereocenters. The van der Waals surface area contributed by atoms with Crippen LogP contribution in [0, 0.1) is 0 Å². The summed E-state index contributed by atoms with van der Waals surface area (Å²) in [7, 11) is 0. The fraction of sp³-hybridized carbons (Fsp3) is 0.111. The Balaban J connectivity index is 0.00000154. The van der Waals surface area contributed by atoms with Gasteiger partial charge in [-0.25, -0.2) is 0 Å². The van der Waals surface area contributed by atoms with Crippen molar-refractivity contribution in [1.29, 1.82) is 0 Å². The molecule has 0 N–H and O–H groups in total. The Morgan fingerprint density at radius 2 is 1.00 bits per heavy atom. The zero-order valence-corrected chi connectivity index (χ0v) is 27.3. The van der Waals surface area contributed by atoms with Crippen molar-refractivity contribution in [3.8, 4) is 0 Å². The normalized spacial score (nSPS) is 20.2. The summed E-state index contributed by atoms with van der Waals surface area (Å²) in [5.74, 6) is 0. The molecular formula is C36H34Cl2Hf. The van der Waals surface area contributed by atoms with Gasteiger partial charge in [0, 0.05) is 0 Å². The molecule has 0 spiro atoms. The SMILES string of the molecule is Cl.Cl.[CH3][Hf]([C]1=CC=CC1)([c]1ccccc1)([c]1ccccc1)([CH]1C=Cc2ccccc21)[CH]1C=Cc2ccccc21. The second-order valence-electron chi connectivity index (χ2n) is 11.7.